The standard InChI is InChI=1S/C22H23N5O3/c1-30-11-10-23-21(29)14-6-8-16(9-7-14)25-22-24-13-15-12-19(28)26-18-5-3-2-4-17(18)20(15)27-22/h2-6,8-9,13-14H,7,10-12H2,1H3,(H,23,29)(H,26,28)(H,24,25,27). The third-order valence-corrected chi connectivity index (χ3v) is 4.97. The van der Waals surface area contributed by atoms with E-state index in [1.54, 1.807) is 13.3 Å². The van der Waals surface area contributed by atoms with Crippen LogP contribution in [0.15, 0.2) is 54.4 Å². The Hall–Kier alpha value is -3.52. The lowest BCUT2D eigenvalue weighted by molar-refractivity contribution is -0.123. The average molecular weight is 405 g/mol. The molecule has 2 amide bonds. The Kier molecular flexibility index (Phi) is 5.85. The number of benzene rings is 1. The van der Waals surface area contributed by atoms with Gasteiger partial charge in [0.25, 0.3) is 0 Å². The molecular weight excluding hydrogens is 382 g/mol. The number of nitrogens with one attached hydrogen (secondary N) is 3. The number of rotatable bonds is 6. The molecule has 0 radical (unpaired) electrons. The lowest BCUT2D eigenvalue weighted by atomic mass is 9.98. The summed E-state index contributed by atoms with van der Waals surface area (Å²) in [6.45, 7) is 0.987. The number of hydrogen-bond acceptors (Lipinski definition) is 6. The van der Waals surface area contributed by atoms with Gasteiger partial charge in [-0.25, -0.2) is 9.97 Å². The lowest BCUT2D eigenvalue weighted by Crippen LogP contribution is -2.32. The van der Waals surface area contributed by atoms with E-state index in [0.717, 1.165) is 28.2 Å². The fourth-order valence-electron chi connectivity index (χ4n) is 3.44. The third-order valence-electron chi connectivity index (χ3n) is 4.97. The zero-order chi connectivity index (χ0) is 20.9. The summed E-state index contributed by atoms with van der Waals surface area (Å²) < 4.78 is 4.95. The maximum Gasteiger partial charge on any atom is 0.228 e. The average Bonchev–Trinajstić information content (AvgIpc) is 2.89. The highest BCUT2D eigenvalue weighted by Crippen LogP contribution is 2.32. The monoisotopic (exact) mass is 405 g/mol. The normalized spacial score (nSPS) is 17.2. The predicted octanol–water partition coefficient (Wildman–Crippen LogP) is 2.27. The molecule has 0 saturated carbocycles. The molecule has 1 unspecified atom stereocenters. The summed E-state index contributed by atoms with van der Waals surface area (Å²) in [5.41, 5.74) is 3.95. The van der Waals surface area contributed by atoms with Crippen molar-refractivity contribution in [3.8, 4) is 11.3 Å². The number of anilines is 2. The van der Waals surface area contributed by atoms with Crippen LogP contribution in [0.25, 0.3) is 11.3 Å². The van der Waals surface area contributed by atoms with Crippen molar-refractivity contribution in [2.24, 2.45) is 5.92 Å². The molecule has 0 saturated heterocycles. The number of amides is 2. The summed E-state index contributed by atoms with van der Waals surface area (Å²) in [5.74, 6) is 0.132. The van der Waals surface area contributed by atoms with Crippen LogP contribution in [0.3, 0.4) is 0 Å². The van der Waals surface area contributed by atoms with Gasteiger partial charge in [-0.2, -0.15) is 0 Å². The van der Waals surface area contributed by atoms with E-state index < -0.39 is 0 Å². The van der Waals surface area contributed by atoms with Crippen LogP contribution in [0.1, 0.15) is 12.0 Å². The molecule has 154 valence electrons. The fraction of sp³-hybridized carbons (Fsp3) is 0.273. The number of carbonyl (C=O) groups is 2. The van der Waals surface area contributed by atoms with Gasteiger partial charge >= 0.3 is 0 Å². The molecule has 0 spiro atoms. The highest BCUT2D eigenvalue weighted by molar-refractivity contribution is 5.99. The second-order valence-corrected chi connectivity index (χ2v) is 7.11. The Morgan fingerprint density at radius 2 is 2.20 bits per heavy atom. The van der Waals surface area contributed by atoms with Gasteiger partial charge in [0.1, 0.15) is 0 Å². The molecule has 1 aliphatic heterocycles. The SMILES string of the molecule is COCCNC(=O)C1C=CC(Nc2ncc3c(n2)-c2ccccc2NC(=O)C3)=CC1. The van der Waals surface area contributed by atoms with Gasteiger partial charge in [0.05, 0.1) is 30.3 Å². The van der Waals surface area contributed by atoms with Crippen molar-refractivity contribution in [3.63, 3.8) is 0 Å². The summed E-state index contributed by atoms with van der Waals surface area (Å²) in [4.78, 5) is 33.3. The predicted molar refractivity (Wildman–Crippen MR) is 114 cm³/mol. The van der Waals surface area contributed by atoms with E-state index in [4.69, 9.17) is 4.74 Å². The summed E-state index contributed by atoms with van der Waals surface area (Å²) in [6.07, 6.45) is 8.18. The summed E-state index contributed by atoms with van der Waals surface area (Å²) in [5, 5.41) is 8.96. The van der Waals surface area contributed by atoms with Crippen LogP contribution in [-0.4, -0.2) is 42.0 Å². The fourth-order valence-corrected chi connectivity index (χ4v) is 3.44. The minimum absolute atomic E-state index is 0.0198. The molecular formula is C22H23N5O3. The first-order valence-corrected chi connectivity index (χ1v) is 9.81. The van der Waals surface area contributed by atoms with Gasteiger partial charge in [0.15, 0.2) is 0 Å². The van der Waals surface area contributed by atoms with Crippen molar-refractivity contribution in [1.29, 1.82) is 0 Å². The highest BCUT2D eigenvalue weighted by Gasteiger charge is 2.21. The molecule has 8 nitrogen and oxygen atoms in total. The first-order valence-electron chi connectivity index (χ1n) is 9.81. The van der Waals surface area contributed by atoms with Crippen LogP contribution in [0.5, 0.6) is 0 Å². The van der Waals surface area contributed by atoms with Gasteiger partial charge in [-0.1, -0.05) is 30.4 Å². The van der Waals surface area contributed by atoms with Gasteiger partial charge in [-0.15, -0.1) is 0 Å². The minimum Gasteiger partial charge on any atom is -0.383 e. The molecule has 2 aliphatic rings. The Morgan fingerprint density at radius 1 is 1.33 bits per heavy atom. The van der Waals surface area contributed by atoms with E-state index in [9.17, 15) is 9.59 Å². The zero-order valence-electron chi connectivity index (χ0n) is 16.6. The molecule has 4 rings (SSSR count). The number of para-hydroxylation sites is 1. The molecule has 2 heterocycles. The molecule has 1 atom stereocenters. The Bertz CT molecular complexity index is 1030. The smallest absolute Gasteiger partial charge is 0.228 e. The zero-order valence-corrected chi connectivity index (χ0v) is 16.6. The van der Waals surface area contributed by atoms with E-state index >= 15 is 0 Å². The number of allylic oxidation sites excluding steroid dienone is 2. The van der Waals surface area contributed by atoms with Crippen LogP contribution in [0.2, 0.25) is 0 Å². The van der Waals surface area contributed by atoms with Gasteiger partial charge in [-0.3, -0.25) is 9.59 Å². The molecule has 2 aromatic rings. The van der Waals surface area contributed by atoms with E-state index in [-0.39, 0.29) is 24.2 Å². The van der Waals surface area contributed by atoms with E-state index in [2.05, 4.69) is 25.9 Å². The number of ether oxygens (including phenoxy) is 1. The van der Waals surface area contributed by atoms with Gasteiger partial charge < -0.3 is 20.7 Å². The lowest BCUT2D eigenvalue weighted by Gasteiger charge is -2.17. The molecule has 3 N–H and O–H groups in total. The number of fused-ring (bicyclic) bond motifs is 3. The maximum atomic E-state index is 12.1. The van der Waals surface area contributed by atoms with Gasteiger partial charge in [0, 0.05) is 36.7 Å². The first-order chi connectivity index (χ1) is 14.6. The minimum atomic E-state index is -0.204. The quantitative estimate of drug-likeness (QED) is 0.637. The second-order valence-electron chi connectivity index (χ2n) is 7.11. The van der Waals surface area contributed by atoms with Crippen LogP contribution >= 0.6 is 0 Å². The summed E-state index contributed by atoms with van der Waals surface area (Å²) in [6, 6.07) is 7.59. The third kappa shape index (κ3) is 4.38. The number of hydrogen-bond donors (Lipinski definition) is 3. The van der Waals surface area contributed by atoms with Crippen molar-refractivity contribution >= 4 is 23.5 Å². The van der Waals surface area contributed by atoms with E-state index in [1.165, 1.54) is 0 Å². The maximum absolute atomic E-state index is 12.1. The van der Waals surface area contributed by atoms with E-state index in [1.807, 2.05) is 42.5 Å². The molecule has 8 heteroatoms. The summed E-state index contributed by atoms with van der Waals surface area (Å²) >= 11 is 0. The van der Waals surface area contributed by atoms with Crippen molar-refractivity contribution in [2.45, 2.75) is 12.8 Å². The molecule has 1 aromatic heterocycles. The number of methoxy groups -OCH3 is 1. The number of nitrogens with zero attached hydrogens (tertiary/aromatic N) is 2. The number of carbonyl (C=O) groups excluding carboxylic acids is 2. The van der Waals surface area contributed by atoms with E-state index in [0.29, 0.717) is 25.5 Å². The molecule has 0 bridgehead atoms. The van der Waals surface area contributed by atoms with Crippen molar-refractivity contribution in [1.82, 2.24) is 15.3 Å². The molecule has 1 aliphatic carbocycles. The van der Waals surface area contributed by atoms with Crippen molar-refractivity contribution < 1.29 is 14.3 Å². The Morgan fingerprint density at radius 3 is 3.00 bits per heavy atom. The Balaban J connectivity index is 1.48. The van der Waals surface area contributed by atoms with Gasteiger partial charge in [0.2, 0.25) is 17.8 Å². The molecule has 30 heavy (non-hydrogen) atoms. The first kappa shape index (κ1) is 19.8. The largest absolute Gasteiger partial charge is 0.383 e. The Labute approximate surface area is 174 Å². The van der Waals surface area contributed by atoms with Crippen LogP contribution in [0.4, 0.5) is 11.6 Å². The van der Waals surface area contributed by atoms with Crippen LogP contribution < -0.4 is 16.0 Å². The topological polar surface area (TPSA) is 105 Å². The van der Waals surface area contributed by atoms with Crippen LogP contribution in [-0.2, 0) is 20.7 Å². The summed E-state index contributed by atoms with van der Waals surface area (Å²) in [7, 11) is 1.60. The van der Waals surface area contributed by atoms with Crippen molar-refractivity contribution in [2.75, 3.05) is 30.9 Å². The van der Waals surface area contributed by atoms with Gasteiger partial charge in [-0.05, 0) is 18.6 Å². The second kappa shape index (κ2) is 8.87. The highest BCUT2D eigenvalue weighted by atomic mass is 16.5. The number of aromatic nitrogens is 2. The molecule has 1 aromatic carbocycles. The van der Waals surface area contributed by atoms with Crippen LogP contribution in [0, 0.1) is 5.92 Å². The van der Waals surface area contributed by atoms with Crippen molar-refractivity contribution in [3.05, 3.63) is 60.0 Å². The molecule has 0 fully saturated rings.